The van der Waals surface area contributed by atoms with Gasteiger partial charge in [0.25, 0.3) is 0 Å². The van der Waals surface area contributed by atoms with Crippen LogP contribution in [0.25, 0.3) is 0 Å². The third-order valence-electron chi connectivity index (χ3n) is 1.87. The van der Waals surface area contributed by atoms with Crippen molar-refractivity contribution in [3.8, 4) is 5.75 Å². The Morgan fingerprint density at radius 2 is 2.14 bits per heavy atom. The summed E-state index contributed by atoms with van der Waals surface area (Å²) in [4.78, 5) is 0.355. The largest absolute Gasteiger partial charge is 0.491 e. The van der Waals surface area contributed by atoms with Crippen LogP contribution in [0.15, 0.2) is 24.3 Å². The number of benzene rings is 1. The highest BCUT2D eigenvalue weighted by Crippen LogP contribution is 2.24. The van der Waals surface area contributed by atoms with Crippen LogP contribution in [0.4, 0.5) is 0 Å². The molecule has 78 valence electrons. The number of ether oxygens (including phenoxy) is 2. The fourth-order valence-electron chi connectivity index (χ4n) is 1.09. The van der Waals surface area contributed by atoms with E-state index in [9.17, 15) is 0 Å². The van der Waals surface area contributed by atoms with Crippen LogP contribution in [0.3, 0.4) is 0 Å². The predicted molar refractivity (Wildman–Crippen MR) is 61.2 cm³/mol. The minimum Gasteiger partial charge on any atom is -0.491 e. The molecule has 0 heterocycles. The van der Waals surface area contributed by atoms with Crippen LogP contribution in [0, 0.1) is 0 Å². The number of halogens is 1. The number of methoxy groups -OCH3 is 1. The van der Waals surface area contributed by atoms with Crippen LogP contribution in [-0.2, 0) is 4.74 Å². The van der Waals surface area contributed by atoms with Crippen molar-refractivity contribution >= 4 is 15.9 Å². The summed E-state index contributed by atoms with van der Waals surface area (Å²) in [6.07, 6.45) is 0. The lowest BCUT2D eigenvalue weighted by atomic mass is 10.2. The maximum absolute atomic E-state index is 5.49. The van der Waals surface area contributed by atoms with Gasteiger partial charge in [0, 0.05) is 11.9 Å². The van der Waals surface area contributed by atoms with E-state index >= 15 is 0 Å². The second kappa shape index (κ2) is 6.04. The molecule has 1 unspecified atom stereocenters. The van der Waals surface area contributed by atoms with Crippen molar-refractivity contribution in [3.05, 3.63) is 29.8 Å². The molecule has 1 rings (SSSR count). The van der Waals surface area contributed by atoms with Crippen molar-refractivity contribution in [2.75, 3.05) is 20.3 Å². The highest BCUT2D eigenvalue weighted by atomic mass is 79.9. The first kappa shape index (κ1) is 11.5. The summed E-state index contributed by atoms with van der Waals surface area (Å²) in [5.74, 6) is 0.894. The maximum atomic E-state index is 5.49. The highest BCUT2D eigenvalue weighted by molar-refractivity contribution is 9.09. The van der Waals surface area contributed by atoms with Gasteiger partial charge < -0.3 is 9.47 Å². The normalized spacial score (nSPS) is 12.5. The molecule has 14 heavy (non-hydrogen) atoms. The lowest BCUT2D eigenvalue weighted by Gasteiger charge is -2.08. The summed E-state index contributed by atoms with van der Waals surface area (Å²) < 4.78 is 10.4. The van der Waals surface area contributed by atoms with E-state index in [-0.39, 0.29) is 0 Å². The molecule has 1 aromatic carbocycles. The summed E-state index contributed by atoms with van der Waals surface area (Å²) in [7, 11) is 1.67. The van der Waals surface area contributed by atoms with Gasteiger partial charge in [0.05, 0.1) is 6.61 Å². The van der Waals surface area contributed by atoms with Gasteiger partial charge in [0.1, 0.15) is 12.4 Å². The molecule has 0 aromatic heterocycles. The molecule has 0 aliphatic heterocycles. The molecule has 0 aliphatic rings. The first-order valence-corrected chi connectivity index (χ1v) is 5.51. The molecular formula is C11H15BrO2. The molecule has 0 saturated carbocycles. The SMILES string of the molecule is COCCOc1cccc(C(C)Br)c1. The second-order valence-corrected chi connectivity index (χ2v) is 4.40. The number of hydrogen-bond acceptors (Lipinski definition) is 2. The smallest absolute Gasteiger partial charge is 0.119 e. The highest BCUT2D eigenvalue weighted by Gasteiger charge is 2.01. The van der Waals surface area contributed by atoms with E-state index in [1.807, 2.05) is 18.2 Å². The van der Waals surface area contributed by atoms with E-state index in [4.69, 9.17) is 9.47 Å². The third-order valence-corrected chi connectivity index (χ3v) is 2.40. The quantitative estimate of drug-likeness (QED) is 0.597. The molecule has 0 radical (unpaired) electrons. The molecule has 0 bridgehead atoms. The number of hydrogen-bond donors (Lipinski definition) is 0. The van der Waals surface area contributed by atoms with Gasteiger partial charge in [-0.1, -0.05) is 28.1 Å². The van der Waals surface area contributed by atoms with Crippen molar-refractivity contribution in [1.29, 1.82) is 0 Å². The van der Waals surface area contributed by atoms with Gasteiger partial charge in [-0.3, -0.25) is 0 Å². The fourth-order valence-corrected chi connectivity index (χ4v) is 1.38. The summed E-state index contributed by atoms with van der Waals surface area (Å²) in [6.45, 7) is 3.30. The van der Waals surface area contributed by atoms with Gasteiger partial charge in [0.2, 0.25) is 0 Å². The van der Waals surface area contributed by atoms with Crippen LogP contribution < -0.4 is 4.74 Å². The Labute approximate surface area is 93.4 Å². The van der Waals surface area contributed by atoms with E-state index in [2.05, 4.69) is 28.9 Å². The Balaban J connectivity index is 2.55. The minimum atomic E-state index is 0.355. The van der Waals surface area contributed by atoms with E-state index in [0.29, 0.717) is 18.0 Å². The fraction of sp³-hybridized carbons (Fsp3) is 0.455. The van der Waals surface area contributed by atoms with Crippen molar-refractivity contribution in [3.63, 3.8) is 0 Å². The van der Waals surface area contributed by atoms with Crippen molar-refractivity contribution < 1.29 is 9.47 Å². The Kier molecular flexibility index (Phi) is 4.98. The van der Waals surface area contributed by atoms with Crippen molar-refractivity contribution in [2.24, 2.45) is 0 Å². The van der Waals surface area contributed by atoms with Crippen LogP contribution >= 0.6 is 15.9 Å². The van der Waals surface area contributed by atoms with E-state index < -0.39 is 0 Å². The lowest BCUT2D eigenvalue weighted by molar-refractivity contribution is 0.146. The lowest BCUT2D eigenvalue weighted by Crippen LogP contribution is -2.04. The Morgan fingerprint density at radius 1 is 1.36 bits per heavy atom. The molecule has 3 heteroatoms. The van der Waals surface area contributed by atoms with Crippen LogP contribution in [-0.4, -0.2) is 20.3 Å². The zero-order valence-electron chi connectivity index (χ0n) is 8.50. The van der Waals surface area contributed by atoms with Gasteiger partial charge in [-0.25, -0.2) is 0 Å². The molecule has 0 N–H and O–H groups in total. The first-order chi connectivity index (χ1) is 6.74. The maximum Gasteiger partial charge on any atom is 0.119 e. The standard InChI is InChI=1S/C11H15BrO2/c1-9(12)10-4-3-5-11(8-10)14-7-6-13-2/h3-5,8-9H,6-7H2,1-2H3. The van der Waals surface area contributed by atoms with Crippen molar-refractivity contribution in [1.82, 2.24) is 0 Å². The van der Waals surface area contributed by atoms with Gasteiger partial charge >= 0.3 is 0 Å². The summed E-state index contributed by atoms with van der Waals surface area (Å²) in [5, 5.41) is 0. The third kappa shape index (κ3) is 3.68. The van der Waals surface area contributed by atoms with E-state index in [1.165, 1.54) is 5.56 Å². The van der Waals surface area contributed by atoms with Gasteiger partial charge in [-0.2, -0.15) is 0 Å². The van der Waals surface area contributed by atoms with Gasteiger partial charge in [-0.15, -0.1) is 0 Å². The van der Waals surface area contributed by atoms with E-state index in [1.54, 1.807) is 7.11 Å². The summed E-state index contributed by atoms with van der Waals surface area (Å²) in [6, 6.07) is 8.06. The molecule has 1 aromatic rings. The zero-order chi connectivity index (χ0) is 10.4. The average molecular weight is 259 g/mol. The van der Waals surface area contributed by atoms with Gasteiger partial charge in [0.15, 0.2) is 0 Å². The number of rotatable bonds is 5. The minimum absolute atomic E-state index is 0.355. The number of alkyl halides is 1. The molecule has 0 spiro atoms. The van der Waals surface area contributed by atoms with Crippen LogP contribution in [0.5, 0.6) is 5.75 Å². The van der Waals surface area contributed by atoms with E-state index in [0.717, 1.165) is 5.75 Å². The topological polar surface area (TPSA) is 18.5 Å². The Morgan fingerprint density at radius 3 is 2.79 bits per heavy atom. The molecule has 0 aliphatic carbocycles. The van der Waals surface area contributed by atoms with Crippen LogP contribution in [0.2, 0.25) is 0 Å². The van der Waals surface area contributed by atoms with Gasteiger partial charge in [-0.05, 0) is 24.6 Å². The second-order valence-electron chi connectivity index (χ2n) is 3.03. The molecule has 0 saturated heterocycles. The first-order valence-electron chi connectivity index (χ1n) is 4.60. The summed E-state index contributed by atoms with van der Waals surface area (Å²) >= 11 is 3.52. The molecule has 0 amide bonds. The molecule has 0 fully saturated rings. The molecular weight excluding hydrogens is 244 g/mol. The summed E-state index contributed by atoms with van der Waals surface area (Å²) in [5.41, 5.74) is 1.22. The Hall–Kier alpha value is -0.540. The average Bonchev–Trinajstić information content (AvgIpc) is 2.19. The molecule has 2 nitrogen and oxygen atoms in total. The zero-order valence-corrected chi connectivity index (χ0v) is 10.1. The van der Waals surface area contributed by atoms with Crippen LogP contribution in [0.1, 0.15) is 17.3 Å². The monoisotopic (exact) mass is 258 g/mol. The molecule has 1 atom stereocenters. The van der Waals surface area contributed by atoms with Crippen molar-refractivity contribution in [2.45, 2.75) is 11.8 Å². The predicted octanol–water partition coefficient (Wildman–Crippen LogP) is 3.17. The Bertz CT molecular complexity index is 274.